The minimum Gasteiger partial charge on any atom is -0.508 e. The van der Waals surface area contributed by atoms with Crippen LogP contribution >= 0.6 is 11.8 Å². The van der Waals surface area contributed by atoms with Crippen molar-refractivity contribution in [3.8, 4) is 23.0 Å². The lowest BCUT2D eigenvalue weighted by Gasteiger charge is -2.26. The highest BCUT2D eigenvalue weighted by molar-refractivity contribution is 8.00. The molecule has 0 spiro atoms. The first-order valence-corrected chi connectivity index (χ1v) is 31.3. The second kappa shape index (κ2) is 43.5. The van der Waals surface area contributed by atoms with E-state index >= 15 is 0 Å². The maximum absolute atomic E-state index is 13.1. The van der Waals surface area contributed by atoms with Crippen LogP contribution in [0.15, 0.2) is 60.7 Å². The fourth-order valence-electron chi connectivity index (χ4n) is 9.30. The fourth-order valence-corrected chi connectivity index (χ4v) is 10.8. The van der Waals surface area contributed by atoms with Crippen molar-refractivity contribution in [3.63, 3.8) is 0 Å². The average molecular weight is 1230 g/mol. The normalized spacial score (nSPS) is 15.2. The van der Waals surface area contributed by atoms with Crippen LogP contribution in [0.1, 0.15) is 98.5 Å². The van der Waals surface area contributed by atoms with E-state index in [0.29, 0.717) is 160 Å². The fraction of sp³-hybridized carbons (Fsp3) is 0.623. The smallest absolute Gasteiger partial charge is 0.315 e. The average Bonchev–Trinajstić information content (AvgIpc) is 2.47. The summed E-state index contributed by atoms with van der Waals surface area (Å²) in [4.78, 5) is 63.0. The lowest BCUT2D eigenvalue weighted by atomic mass is 10.0. The van der Waals surface area contributed by atoms with Gasteiger partial charge in [0, 0.05) is 86.3 Å². The van der Waals surface area contributed by atoms with Crippen LogP contribution in [0.25, 0.3) is 0 Å². The first kappa shape index (κ1) is 70.6. The molecule has 0 bridgehead atoms. The van der Waals surface area contributed by atoms with Gasteiger partial charge in [-0.15, -0.1) is 0 Å². The third-order valence-electron chi connectivity index (χ3n) is 14.0. The Labute approximate surface area is 509 Å². The third kappa shape index (κ3) is 30.0. The monoisotopic (exact) mass is 1230 g/mol. The molecular formula is C61H93N7O17S. The second-order valence-corrected chi connectivity index (χ2v) is 22.0. The number of thioether (sulfide) groups is 1. The van der Waals surface area contributed by atoms with Crippen molar-refractivity contribution < 1.29 is 82.3 Å². The lowest BCUT2D eigenvalue weighted by Crippen LogP contribution is -2.36. The van der Waals surface area contributed by atoms with E-state index in [2.05, 4.69) is 31.9 Å². The Hall–Kier alpha value is -6.16. The summed E-state index contributed by atoms with van der Waals surface area (Å²) in [6.07, 6.45) is 9.11. The Bertz CT molecular complexity index is 2430. The van der Waals surface area contributed by atoms with Gasteiger partial charge in [0.25, 0.3) is 5.91 Å². The summed E-state index contributed by atoms with van der Waals surface area (Å²) >= 11 is 1.89. The number of phenols is 4. The summed E-state index contributed by atoms with van der Waals surface area (Å²) in [7, 11) is 0. The van der Waals surface area contributed by atoms with Gasteiger partial charge in [-0.2, -0.15) is 11.8 Å². The zero-order valence-electron chi connectivity index (χ0n) is 49.7. The van der Waals surface area contributed by atoms with Gasteiger partial charge < -0.3 is 95.1 Å². The number of hydrogen-bond acceptors (Lipinski definition) is 19. The molecule has 24 nitrogen and oxygen atoms in total. The molecule has 2 heterocycles. The predicted molar refractivity (Wildman–Crippen MR) is 325 cm³/mol. The van der Waals surface area contributed by atoms with Gasteiger partial charge >= 0.3 is 6.03 Å². The molecule has 25 heteroatoms. The van der Waals surface area contributed by atoms with E-state index in [-0.39, 0.29) is 90.6 Å². The molecule has 5 rings (SSSR count). The summed E-state index contributed by atoms with van der Waals surface area (Å²) in [6.45, 7) is 8.40. The van der Waals surface area contributed by atoms with Crippen molar-refractivity contribution >= 4 is 47.1 Å². The molecule has 2 saturated heterocycles. The van der Waals surface area contributed by atoms with Gasteiger partial charge in [0.05, 0.1) is 123 Å². The molecule has 0 aromatic heterocycles. The predicted octanol–water partition coefficient (Wildman–Crippen LogP) is 4.77. The number of rotatable bonds is 50. The van der Waals surface area contributed by atoms with Crippen LogP contribution in [0, 0.1) is 0 Å². The van der Waals surface area contributed by atoms with Crippen molar-refractivity contribution in [3.05, 3.63) is 77.4 Å². The molecule has 6 amide bonds. The number of carbonyl (C=O) groups is 5. The Morgan fingerprint density at radius 1 is 0.488 bits per heavy atom. The Morgan fingerprint density at radius 2 is 0.953 bits per heavy atom. The summed E-state index contributed by atoms with van der Waals surface area (Å²) in [6, 6.07) is 15.9. The van der Waals surface area contributed by atoms with E-state index in [1.54, 1.807) is 35.2 Å². The zero-order valence-corrected chi connectivity index (χ0v) is 50.5. The number of nitrogens with one attached hydrogen (secondary N) is 6. The highest BCUT2D eigenvalue weighted by Gasteiger charge is 2.42. The van der Waals surface area contributed by atoms with E-state index in [4.69, 9.17) is 37.9 Å². The molecule has 0 aliphatic carbocycles. The van der Waals surface area contributed by atoms with Crippen LogP contribution in [0.4, 0.5) is 10.5 Å². The largest absolute Gasteiger partial charge is 0.508 e. The molecule has 3 atom stereocenters. The molecule has 0 saturated carbocycles. The van der Waals surface area contributed by atoms with Gasteiger partial charge in [0.1, 0.15) is 23.0 Å². The number of para-hydroxylation sites is 1. The van der Waals surface area contributed by atoms with Gasteiger partial charge in [0.2, 0.25) is 17.7 Å². The first-order chi connectivity index (χ1) is 42.0. The van der Waals surface area contributed by atoms with Crippen LogP contribution in [0.5, 0.6) is 23.0 Å². The van der Waals surface area contributed by atoms with Crippen molar-refractivity contribution in [1.29, 1.82) is 0 Å². The molecule has 3 aromatic rings. The molecule has 2 aliphatic rings. The van der Waals surface area contributed by atoms with Crippen LogP contribution in [0.2, 0.25) is 0 Å². The zero-order chi connectivity index (χ0) is 61.2. The van der Waals surface area contributed by atoms with Crippen molar-refractivity contribution in [2.24, 2.45) is 0 Å². The third-order valence-corrected chi connectivity index (χ3v) is 15.5. The quantitative estimate of drug-likeness (QED) is 0.0207. The number of nitrogens with zero attached hydrogens (tertiary/aromatic N) is 1. The Balaban J connectivity index is 0.699. The Kier molecular flexibility index (Phi) is 35.7. The number of amides is 6. The van der Waals surface area contributed by atoms with E-state index in [9.17, 15) is 44.4 Å². The summed E-state index contributed by atoms with van der Waals surface area (Å²) in [5.74, 6) is 0.317. The molecular weight excluding hydrogens is 1130 g/mol. The van der Waals surface area contributed by atoms with Crippen LogP contribution in [0.3, 0.4) is 0 Å². The molecule has 0 unspecified atom stereocenters. The van der Waals surface area contributed by atoms with Gasteiger partial charge in [0.15, 0.2) is 0 Å². The molecule has 86 heavy (non-hydrogen) atoms. The number of fused-ring (bicyclic) bond motifs is 1. The number of ether oxygens (including phenoxy) is 8. The summed E-state index contributed by atoms with van der Waals surface area (Å²) in [5, 5.41) is 59.5. The van der Waals surface area contributed by atoms with Crippen LogP contribution in [-0.2, 0) is 65.4 Å². The van der Waals surface area contributed by atoms with E-state index in [1.807, 2.05) is 11.8 Å². The van der Waals surface area contributed by atoms with E-state index < -0.39 is 5.91 Å². The lowest BCUT2D eigenvalue weighted by molar-refractivity contribution is -0.122. The van der Waals surface area contributed by atoms with Gasteiger partial charge in [-0.1, -0.05) is 37.5 Å². The van der Waals surface area contributed by atoms with Crippen molar-refractivity contribution in [2.75, 3.05) is 143 Å². The minimum absolute atomic E-state index is 0.0205. The number of hydrogen-bond donors (Lipinski definition) is 10. The van der Waals surface area contributed by atoms with E-state index in [0.717, 1.165) is 63.5 Å². The molecule has 10 N–H and O–H groups in total. The van der Waals surface area contributed by atoms with Crippen LogP contribution in [-0.4, -0.2) is 205 Å². The Morgan fingerprint density at radius 3 is 1.50 bits per heavy atom. The van der Waals surface area contributed by atoms with Crippen molar-refractivity contribution in [1.82, 2.24) is 31.9 Å². The van der Waals surface area contributed by atoms with Gasteiger partial charge in [-0.3, -0.25) is 19.2 Å². The molecule has 3 aromatic carbocycles. The number of benzene rings is 3. The van der Waals surface area contributed by atoms with Crippen LogP contribution < -0.4 is 36.8 Å². The topological polar surface area (TPSA) is 316 Å². The number of unbranched alkanes of at least 4 members (excludes halogenated alkanes) is 5. The van der Waals surface area contributed by atoms with E-state index in [1.165, 1.54) is 30.3 Å². The molecule has 2 fully saturated rings. The maximum atomic E-state index is 13.1. The highest BCUT2D eigenvalue weighted by atomic mass is 32.2. The SMILES string of the molecule is O=C(CCCCCNC(=O)CCCC[C@@H]1SC[C@@H]2NC(=O)N[C@@H]21)NCCCCCC(=O)NCCOCCOCCOCCOCCOCCOCCOCCOCCNC(=O)c1cc(N(Cc2ccccc2O)Cc2cc(O)ccc2O)ccc1O. The molecule has 0 radical (unpaired) electrons. The number of aromatic hydroxyl groups is 4. The molecule has 480 valence electrons. The number of urea groups is 1. The number of carbonyl (C=O) groups excluding carboxylic acids is 5. The van der Waals surface area contributed by atoms with Gasteiger partial charge in [-0.05, 0) is 81.0 Å². The number of phenolic OH excluding ortho intramolecular Hbond substituents is 4. The first-order valence-electron chi connectivity index (χ1n) is 30.2. The highest BCUT2D eigenvalue weighted by Crippen LogP contribution is 2.34. The second-order valence-electron chi connectivity index (χ2n) is 20.7. The van der Waals surface area contributed by atoms with Crippen molar-refractivity contribution in [2.45, 2.75) is 107 Å². The summed E-state index contributed by atoms with van der Waals surface area (Å²) < 4.78 is 44.3. The number of anilines is 1. The maximum Gasteiger partial charge on any atom is 0.315 e. The van der Waals surface area contributed by atoms with Gasteiger partial charge in [-0.25, -0.2) is 4.79 Å². The summed E-state index contributed by atoms with van der Waals surface area (Å²) in [5.41, 5.74) is 1.59. The standard InChI is InChI=1S/C61H93N7O17S/c69-49-18-20-53(71)47(41-49)44-68(43-46-11-5-6-12-52(46)70)48-17-19-54(72)50(42-48)60(76)65-24-26-79-28-30-81-32-34-83-36-38-85-40-39-84-37-35-82-33-31-80-29-27-78-25-23-64-58(75)15-4-2-10-21-62-56(73)14-3-1-9-22-63-57(74)16-8-7-13-55-59-51(45-86-55)66-61(77)67-59/h5-6,11-12,17-20,41-42,51,55,59,69-72H,1-4,7-10,13-16,21-40,43-45H2,(H,62,73)(H,63,74)(H,64,75)(H,65,76)(H2,66,67,77)/t51-,55-,59-/m0/s1. The molecule has 2 aliphatic heterocycles. The minimum atomic E-state index is -0.512.